The average molecular weight is 364 g/mol. The number of rotatable bonds is 5. The van der Waals surface area contributed by atoms with Crippen molar-refractivity contribution in [1.29, 1.82) is 0 Å². The summed E-state index contributed by atoms with van der Waals surface area (Å²) in [6, 6.07) is 10.6. The van der Waals surface area contributed by atoms with Crippen LogP contribution in [0, 0.1) is 0 Å². The summed E-state index contributed by atoms with van der Waals surface area (Å²) in [5, 5.41) is 4.51. The van der Waals surface area contributed by atoms with Gasteiger partial charge in [-0.25, -0.2) is 0 Å². The third kappa shape index (κ3) is 5.17. The molecule has 0 bridgehead atoms. The Bertz CT molecular complexity index is 848. The van der Waals surface area contributed by atoms with E-state index < -0.39 is 35.7 Å². The Morgan fingerprint density at radius 1 is 0.923 bits per heavy atom. The van der Waals surface area contributed by atoms with E-state index in [0.717, 1.165) is 12.1 Å². The predicted molar refractivity (Wildman–Crippen MR) is 89.8 cm³/mol. The summed E-state index contributed by atoms with van der Waals surface area (Å²) in [6.45, 7) is 1.37. The second kappa shape index (κ2) is 7.81. The SMILES string of the molecule is CC(=O)c1cccc(NC(=O)CC(=O)Nc2ccccc2C(F)(F)F)c1. The molecule has 0 unspecified atom stereocenters. The zero-order valence-corrected chi connectivity index (χ0v) is 13.7. The summed E-state index contributed by atoms with van der Waals surface area (Å²) in [4.78, 5) is 35.1. The maximum atomic E-state index is 12.9. The van der Waals surface area contributed by atoms with Crippen molar-refractivity contribution >= 4 is 29.0 Å². The molecule has 0 aliphatic carbocycles. The van der Waals surface area contributed by atoms with Gasteiger partial charge in [-0.15, -0.1) is 0 Å². The number of nitrogens with one attached hydrogen (secondary N) is 2. The van der Waals surface area contributed by atoms with E-state index in [2.05, 4.69) is 10.6 Å². The number of halogens is 3. The van der Waals surface area contributed by atoms with Crippen molar-refractivity contribution in [3.05, 3.63) is 59.7 Å². The topological polar surface area (TPSA) is 75.3 Å². The highest BCUT2D eigenvalue weighted by Crippen LogP contribution is 2.34. The van der Waals surface area contributed by atoms with Crippen molar-refractivity contribution in [2.24, 2.45) is 0 Å². The van der Waals surface area contributed by atoms with Crippen molar-refractivity contribution in [2.75, 3.05) is 10.6 Å². The molecule has 0 aliphatic rings. The number of carbonyl (C=O) groups excluding carboxylic acids is 3. The molecule has 2 aromatic rings. The minimum Gasteiger partial charge on any atom is -0.326 e. The van der Waals surface area contributed by atoms with Crippen LogP contribution in [-0.2, 0) is 15.8 Å². The van der Waals surface area contributed by atoms with Crippen LogP contribution in [0.25, 0.3) is 0 Å². The first-order valence-electron chi connectivity index (χ1n) is 7.54. The molecule has 2 N–H and O–H groups in total. The standard InChI is InChI=1S/C18H15F3N2O3/c1-11(24)12-5-4-6-13(9-12)22-16(25)10-17(26)23-15-8-3-2-7-14(15)18(19,20)21/h2-9H,10H2,1H3,(H,22,25)(H,23,26). The predicted octanol–water partition coefficient (Wildman–Crippen LogP) is 3.88. The highest BCUT2D eigenvalue weighted by molar-refractivity contribution is 6.08. The Hall–Kier alpha value is -3.16. The Kier molecular flexibility index (Phi) is 5.76. The first kappa shape index (κ1) is 19.2. The number of alkyl halides is 3. The average Bonchev–Trinajstić information content (AvgIpc) is 2.54. The number of Topliss-reactive ketones (excluding diaryl/α,β-unsaturated/α-hetero) is 1. The van der Waals surface area contributed by atoms with E-state index in [1.165, 1.54) is 31.2 Å². The zero-order chi connectivity index (χ0) is 19.3. The van der Waals surface area contributed by atoms with E-state index in [-0.39, 0.29) is 5.78 Å². The van der Waals surface area contributed by atoms with Crippen LogP contribution < -0.4 is 10.6 Å². The molecule has 136 valence electrons. The second-order valence-corrected chi connectivity index (χ2v) is 5.45. The Labute approximate surface area is 147 Å². The Morgan fingerprint density at radius 2 is 1.58 bits per heavy atom. The maximum Gasteiger partial charge on any atom is 0.418 e. The van der Waals surface area contributed by atoms with Crippen LogP contribution in [0.1, 0.15) is 29.3 Å². The third-order valence-electron chi connectivity index (χ3n) is 3.38. The van der Waals surface area contributed by atoms with Crippen LogP contribution >= 0.6 is 0 Å². The quantitative estimate of drug-likeness (QED) is 0.625. The van der Waals surface area contributed by atoms with Gasteiger partial charge in [0, 0.05) is 11.3 Å². The lowest BCUT2D eigenvalue weighted by Crippen LogP contribution is -2.23. The Morgan fingerprint density at radius 3 is 2.23 bits per heavy atom. The molecule has 0 aromatic heterocycles. The van der Waals surface area contributed by atoms with Crippen molar-refractivity contribution in [2.45, 2.75) is 19.5 Å². The molecular weight excluding hydrogens is 349 g/mol. The number of ketones is 1. The number of hydrogen-bond donors (Lipinski definition) is 2. The van der Waals surface area contributed by atoms with Crippen LogP contribution in [0.15, 0.2) is 48.5 Å². The molecule has 0 heterocycles. The summed E-state index contributed by atoms with van der Waals surface area (Å²) in [5.41, 5.74) is -0.725. The van der Waals surface area contributed by atoms with Gasteiger partial charge in [0.25, 0.3) is 0 Å². The number of benzene rings is 2. The van der Waals surface area contributed by atoms with E-state index in [1.54, 1.807) is 12.1 Å². The summed E-state index contributed by atoms with van der Waals surface area (Å²) >= 11 is 0. The third-order valence-corrected chi connectivity index (χ3v) is 3.38. The molecule has 0 aliphatic heterocycles. The smallest absolute Gasteiger partial charge is 0.326 e. The maximum absolute atomic E-state index is 12.9. The number of hydrogen-bond acceptors (Lipinski definition) is 3. The van der Waals surface area contributed by atoms with E-state index in [9.17, 15) is 27.6 Å². The zero-order valence-electron chi connectivity index (χ0n) is 13.7. The number of carbonyl (C=O) groups is 3. The highest BCUT2D eigenvalue weighted by atomic mass is 19.4. The molecule has 0 fully saturated rings. The normalized spacial score (nSPS) is 10.9. The summed E-state index contributed by atoms with van der Waals surface area (Å²) in [7, 11) is 0. The van der Waals surface area contributed by atoms with Gasteiger partial charge in [-0.05, 0) is 31.2 Å². The molecule has 8 heteroatoms. The molecule has 0 saturated heterocycles. The number of anilines is 2. The van der Waals surface area contributed by atoms with Crippen LogP contribution in [0.4, 0.5) is 24.5 Å². The minimum absolute atomic E-state index is 0.192. The van der Waals surface area contributed by atoms with Gasteiger partial charge in [0.15, 0.2) is 5.78 Å². The van der Waals surface area contributed by atoms with Crippen LogP contribution in [0.2, 0.25) is 0 Å². The monoisotopic (exact) mass is 364 g/mol. The molecular formula is C18H15F3N2O3. The molecule has 26 heavy (non-hydrogen) atoms. The van der Waals surface area contributed by atoms with Gasteiger partial charge in [-0.3, -0.25) is 14.4 Å². The fourth-order valence-electron chi connectivity index (χ4n) is 2.20. The van der Waals surface area contributed by atoms with Gasteiger partial charge in [0.05, 0.1) is 11.3 Å². The fourth-order valence-corrected chi connectivity index (χ4v) is 2.20. The van der Waals surface area contributed by atoms with Gasteiger partial charge in [0.2, 0.25) is 11.8 Å². The van der Waals surface area contributed by atoms with Gasteiger partial charge in [-0.1, -0.05) is 24.3 Å². The lowest BCUT2D eigenvalue weighted by Gasteiger charge is -2.13. The van der Waals surface area contributed by atoms with E-state index in [4.69, 9.17) is 0 Å². The highest BCUT2D eigenvalue weighted by Gasteiger charge is 2.33. The van der Waals surface area contributed by atoms with Crippen molar-refractivity contribution in [1.82, 2.24) is 0 Å². The second-order valence-electron chi connectivity index (χ2n) is 5.45. The fraction of sp³-hybridized carbons (Fsp3) is 0.167. The van der Waals surface area contributed by atoms with Gasteiger partial charge < -0.3 is 10.6 Å². The molecule has 0 atom stereocenters. The summed E-state index contributed by atoms with van der Waals surface area (Å²) in [6.07, 6.45) is -5.30. The summed E-state index contributed by atoms with van der Waals surface area (Å²) in [5.74, 6) is -1.79. The number of amides is 2. The van der Waals surface area contributed by atoms with Gasteiger partial charge in [0.1, 0.15) is 6.42 Å². The van der Waals surface area contributed by atoms with E-state index in [0.29, 0.717) is 11.3 Å². The van der Waals surface area contributed by atoms with Crippen LogP contribution in [-0.4, -0.2) is 17.6 Å². The van der Waals surface area contributed by atoms with Crippen molar-refractivity contribution < 1.29 is 27.6 Å². The van der Waals surface area contributed by atoms with Crippen molar-refractivity contribution in [3.63, 3.8) is 0 Å². The Balaban J connectivity index is 2.01. The lowest BCUT2D eigenvalue weighted by atomic mass is 10.1. The lowest BCUT2D eigenvalue weighted by molar-refractivity contribution is -0.137. The molecule has 5 nitrogen and oxygen atoms in total. The van der Waals surface area contributed by atoms with Crippen molar-refractivity contribution in [3.8, 4) is 0 Å². The van der Waals surface area contributed by atoms with E-state index >= 15 is 0 Å². The first-order valence-corrected chi connectivity index (χ1v) is 7.54. The van der Waals surface area contributed by atoms with Gasteiger partial charge >= 0.3 is 6.18 Å². The largest absolute Gasteiger partial charge is 0.418 e. The number of para-hydroxylation sites is 1. The summed E-state index contributed by atoms with van der Waals surface area (Å²) < 4.78 is 38.7. The van der Waals surface area contributed by atoms with E-state index in [1.807, 2.05) is 0 Å². The first-order chi connectivity index (χ1) is 12.2. The van der Waals surface area contributed by atoms with Crippen LogP contribution in [0.5, 0.6) is 0 Å². The minimum atomic E-state index is -4.63. The molecule has 0 saturated carbocycles. The molecule has 2 rings (SSSR count). The molecule has 0 radical (unpaired) electrons. The molecule has 2 amide bonds. The van der Waals surface area contributed by atoms with Crippen LogP contribution in [0.3, 0.4) is 0 Å². The molecule has 0 spiro atoms. The van der Waals surface area contributed by atoms with Gasteiger partial charge in [-0.2, -0.15) is 13.2 Å². The molecule has 2 aromatic carbocycles.